The summed E-state index contributed by atoms with van der Waals surface area (Å²) in [6.07, 6.45) is -6.60. The molecule has 20 heavy (non-hydrogen) atoms. The van der Waals surface area contributed by atoms with E-state index in [-0.39, 0.29) is 0 Å². The normalized spacial score (nSPS) is 33.5. The lowest BCUT2D eigenvalue weighted by Crippen LogP contribution is -2.60. The van der Waals surface area contributed by atoms with Crippen molar-refractivity contribution < 1.29 is 29.9 Å². The summed E-state index contributed by atoms with van der Waals surface area (Å²) in [6, 6.07) is 8.04. The van der Waals surface area contributed by atoms with Gasteiger partial charge in [-0.25, -0.2) is 0 Å². The molecule has 0 aromatic heterocycles. The van der Waals surface area contributed by atoms with Crippen molar-refractivity contribution in [3.05, 3.63) is 29.8 Å². The van der Waals surface area contributed by atoms with Gasteiger partial charge < -0.3 is 29.9 Å². The zero-order valence-electron chi connectivity index (χ0n) is 10.5. The third kappa shape index (κ3) is 2.90. The first-order valence-electron chi connectivity index (χ1n) is 6.04. The minimum absolute atomic E-state index is 0.327. The Morgan fingerprint density at radius 1 is 1.10 bits per heavy atom. The van der Waals surface area contributed by atoms with Gasteiger partial charge in [0.15, 0.2) is 0 Å². The molecule has 5 atom stereocenters. The van der Waals surface area contributed by atoms with Gasteiger partial charge in [-0.3, -0.25) is 0 Å². The van der Waals surface area contributed by atoms with E-state index >= 15 is 0 Å². The predicted octanol–water partition coefficient (Wildman–Crippen LogP) is -1.26. The Bertz CT molecular complexity index is 483. The number of aliphatic hydroxyl groups excluding tert-OH is 4. The molecule has 1 heterocycles. The average Bonchev–Trinajstić information content (AvgIpc) is 2.48. The number of nitrogens with zero attached hydrogens (tertiary/aromatic N) is 1. The second-order valence-electron chi connectivity index (χ2n) is 4.45. The van der Waals surface area contributed by atoms with Crippen molar-refractivity contribution in [2.75, 3.05) is 6.61 Å². The molecule has 0 saturated carbocycles. The molecular formula is C13H15NO6. The molecule has 1 aromatic rings. The molecule has 0 bridgehead atoms. The summed E-state index contributed by atoms with van der Waals surface area (Å²) in [7, 11) is 0. The van der Waals surface area contributed by atoms with E-state index < -0.39 is 37.3 Å². The molecule has 1 aliphatic heterocycles. The van der Waals surface area contributed by atoms with Crippen LogP contribution in [0.3, 0.4) is 0 Å². The van der Waals surface area contributed by atoms with Crippen LogP contribution >= 0.6 is 0 Å². The molecule has 2 rings (SSSR count). The van der Waals surface area contributed by atoms with Crippen molar-refractivity contribution in [3.63, 3.8) is 0 Å². The van der Waals surface area contributed by atoms with Crippen LogP contribution in [-0.2, 0) is 4.74 Å². The summed E-state index contributed by atoms with van der Waals surface area (Å²) in [5.74, 6) is 0.327. The maximum Gasteiger partial charge on any atom is 0.229 e. The van der Waals surface area contributed by atoms with Gasteiger partial charge in [-0.1, -0.05) is 0 Å². The van der Waals surface area contributed by atoms with E-state index in [2.05, 4.69) is 0 Å². The molecule has 0 spiro atoms. The second kappa shape index (κ2) is 6.17. The Hall–Kier alpha value is -1.69. The molecule has 1 aromatic carbocycles. The van der Waals surface area contributed by atoms with Crippen LogP contribution in [0.2, 0.25) is 0 Å². The third-order valence-corrected chi connectivity index (χ3v) is 3.08. The van der Waals surface area contributed by atoms with Crippen LogP contribution in [0.15, 0.2) is 24.3 Å². The molecule has 108 valence electrons. The van der Waals surface area contributed by atoms with Crippen molar-refractivity contribution in [3.8, 4) is 11.8 Å². The first-order valence-corrected chi connectivity index (χ1v) is 6.04. The standard InChI is InChI=1S/C13H15NO6/c14-5-7-1-3-8(4-2-7)19-13-12(18)11(17)10(16)9(6-15)20-13/h1-4,9-13,15-18H,6H2/t9-,10-,11+,12+,13+/m1/s1. The Balaban J connectivity index is 2.09. The van der Waals surface area contributed by atoms with Crippen molar-refractivity contribution in [1.82, 2.24) is 0 Å². The van der Waals surface area contributed by atoms with Gasteiger partial charge in [0.25, 0.3) is 0 Å². The van der Waals surface area contributed by atoms with Crippen LogP contribution in [0.1, 0.15) is 5.56 Å². The highest BCUT2D eigenvalue weighted by molar-refractivity contribution is 5.34. The van der Waals surface area contributed by atoms with E-state index in [1.807, 2.05) is 6.07 Å². The smallest absolute Gasteiger partial charge is 0.229 e. The zero-order valence-corrected chi connectivity index (χ0v) is 10.5. The Morgan fingerprint density at radius 3 is 2.30 bits per heavy atom. The summed E-state index contributed by atoms with van der Waals surface area (Å²) < 4.78 is 10.5. The number of benzene rings is 1. The summed E-state index contributed by atoms with van der Waals surface area (Å²) in [5, 5.41) is 46.8. The van der Waals surface area contributed by atoms with Crippen molar-refractivity contribution in [2.45, 2.75) is 30.7 Å². The van der Waals surface area contributed by atoms with Gasteiger partial charge in [-0.15, -0.1) is 0 Å². The third-order valence-electron chi connectivity index (χ3n) is 3.08. The topological polar surface area (TPSA) is 123 Å². The number of rotatable bonds is 3. The van der Waals surface area contributed by atoms with Crippen LogP contribution in [0, 0.1) is 11.3 Å². The number of ether oxygens (including phenoxy) is 2. The fourth-order valence-electron chi connectivity index (χ4n) is 1.91. The number of nitriles is 1. The van der Waals surface area contributed by atoms with E-state index in [0.29, 0.717) is 11.3 Å². The molecule has 0 aliphatic carbocycles. The monoisotopic (exact) mass is 281 g/mol. The minimum Gasteiger partial charge on any atom is -0.462 e. The Labute approximate surface area is 115 Å². The lowest BCUT2D eigenvalue weighted by Gasteiger charge is -2.39. The molecule has 0 radical (unpaired) electrons. The summed E-state index contributed by atoms with van der Waals surface area (Å²) in [6.45, 7) is -0.516. The van der Waals surface area contributed by atoms with Gasteiger partial charge in [-0.2, -0.15) is 5.26 Å². The van der Waals surface area contributed by atoms with Crippen LogP contribution < -0.4 is 4.74 Å². The largest absolute Gasteiger partial charge is 0.462 e. The molecule has 1 aliphatic rings. The van der Waals surface area contributed by atoms with Crippen molar-refractivity contribution in [1.29, 1.82) is 5.26 Å². The highest BCUT2D eigenvalue weighted by Crippen LogP contribution is 2.24. The second-order valence-corrected chi connectivity index (χ2v) is 4.45. The number of hydrogen-bond donors (Lipinski definition) is 4. The highest BCUT2D eigenvalue weighted by Gasteiger charge is 2.44. The van der Waals surface area contributed by atoms with Crippen LogP contribution in [0.4, 0.5) is 0 Å². The van der Waals surface area contributed by atoms with E-state index in [9.17, 15) is 15.3 Å². The predicted molar refractivity (Wildman–Crippen MR) is 65.6 cm³/mol. The van der Waals surface area contributed by atoms with Gasteiger partial charge in [0.05, 0.1) is 18.2 Å². The Morgan fingerprint density at radius 2 is 1.75 bits per heavy atom. The first kappa shape index (κ1) is 14.7. The molecular weight excluding hydrogens is 266 g/mol. The van der Waals surface area contributed by atoms with Crippen LogP contribution in [0.5, 0.6) is 5.75 Å². The van der Waals surface area contributed by atoms with E-state index in [0.717, 1.165) is 0 Å². The number of aliphatic hydroxyl groups is 4. The van der Waals surface area contributed by atoms with Crippen LogP contribution in [-0.4, -0.2) is 57.7 Å². The summed E-state index contributed by atoms with van der Waals surface area (Å²) in [4.78, 5) is 0. The molecule has 0 amide bonds. The number of hydrogen-bond acceptors (Lipinski definition) is 7. The quantitative estimate of drug-likeness (QED) is 0.545. The van der Waals surface area contributed by atoms with Crippen LogP contribution in [0.25, 0.3) is 0 Å². The molecule has 7 heteroatoms. The maximum atomic E-state index is 9.79. The van der Waals surface area contributed by atoms with Gasteiger partial charge in [0, 0.05) is 0 Å². The Kier molecular flexibility index (Phi) is 4.54. The first-order chi connectivity index (χ1) is 9.56. The van der Waals surface area contributed by atoms with Gasteiger partial charge in [0.1, 0.15) is 30.2 Å². The molecule has 4 N–H and O–H groups in total. The minimum atomic E-state index is -1.48. The maximum absolute atomic E-state index is 9.79. The van der Waals surface area contributed by atoms with E-state index in [1.165, 1.54) is 24.3 Å². The summed E-state index contributed by atoms with van der Waals surface area (Å²) >= 11 is 0. The van der Waals surface area contributed by atoms with Crippen molar-refractivity contribution >= 4 is 0 Å². The van der Waals surface area contributed by atoms with Crippen molar-refractivity contribution in [2.24, 2.45) is 0 Å². The molecule has 0 unspecified atom stereocenters. The van der Waals surface area contributed by atoms with Gasteiger partial charge >= 0.3 is 0 Å². The molecule has 7 nitrogen and oxygen atoms in total. The van der Waals surface area contributed by atoms with E-state index in [1.54, 1.807) is 0 Å². The highest BCUT2D eigenvalue weighted by atomic mass is 16.7. The zero-order chi connectivity index (χ0) is 14.7. The van der Waals surface area contributed by atoms with Gasteiger partial charge in [-0.05, 0) is 24.3 Å². The molecule has 1 saturated heterocycles. The summed E-state index contributed by atoms with van der Waals surface area (Å²) in [5.41, 5.74) is 0.450. The average molecular weight is 281 g/mol. The fourth-order valence-corrected chi connectivity index (χ4v) is 1.91. The van der Waals surface area contributed by atoms with Gasteiger partial charge in [0.2, 0.25) is 6.29 Å². The molecule has 1 fully saturated rings. The SMILES string of the molecule is N#Cc1ccc(O[C@H]2O[C@H](CO)[C@@H](O)[C@H](O)[C@@H]2O)cc1. The van der Waals surface area contributed by atoms with E-state index in [4.69, 9.17) is 19.8 Å². The fraction of sp³-hybridized carbons (Fsp3) is 0.462. The lowest BCUT2D eigenvalue weighted by atomic mass is 9.99. The lowest BCUT2D eigenvalue weighted by molar-refractivity contribution is -0.277.